The minimum atomic E-state index is 0.438. The molecule has 0 aliphatic heterocycles. The van der Waals surface area contributed by atoms with E-state index in [1.165, 1.54) is 30.4 Å². The fraction of sp³-hybridized carbons (Fsp3) is 0.467. The Morgan fingerprint density at radius 3 is 2.62 bits per heavy atom. The molecule has 86 valence electrons. The van der Waals surface area contributed by atoms with Gasteiger partial charge in [0.2, 0.25) is 0 Å². The minimum absolute atomic E-state index is 0.438. The van der Waals surface area contributed by atoms with Gasteiger partial charge < -0.3 is 5.32 Å². The van der Waals surface area contributed by atoms with Crippen molar-refractivity contribution < 1.29 is 0 Å². The van der Waals surface area contributed by atoms with Crippen molar-refractivity contribution in [3.05, 3.63) is 47.5 Å². The molecule has 1 unspecified atom stereocenters. The van der Waals surface area contributed by atoms with Crippen LogP contribution in [0.25, 0.3) is 0 Å². The summed E-state index contributed by atoms with van der Waals surface area (Å²) >= 11 is 0. The normalized spacial score (nSPS) is 22.0. The lowest BCUT2D eigenvalue weighted by atomic mass is 10.00. The first-order valence-electron chi connectivity index (χ1n) is 6.25. The van der Waals surface area contributed by atoms with E-state index in [0.717, 1.165) is 0 Å². The maximum atomic E-state index is 3.67. The SMILES string of the molecule is Cc1ccc([C@H](C)NC2C=CCCC2)cc1. The predicted molar refractivity (Wildman–Crippen MR) is 69.5 cm³/mol. The molecule has 2 atom stereocenters. The lowest BCUT2D eigenvalue weighted by molar-refractivity contribution is 0.467. The van der Waals surface area contributed by atoms with Crippen LogP contribution in [0.2, 0.25) is 0 Å². The van der Waals surface area contributed by atoms with Crippen LogP contribution in [0.1, 0.15) is 43.4 Å². The van der Waals surface area contributed by atoms with E-state index >= 15 is 0 Å². The number of hydrogen-bond donors (Lipinski definition) is 1. The van der Waals surface area contributed by atoms with Gasteiger partial charge in [-0.2, -0.15) is 0 Å². The Morgan fingerprint density at radius 1 is 1.25 bits per heavy atom. The van der Waals surface area contributed by atoms with Crippen LogP contribution < -0.4 is 5.32 Å². The summed E-state index contributed by atoms with van der Waals surface area (Å²) in [5.74, 6) is 0. The number of allylic oxidation sites excluding steroid dienone is 1. The summed E-state index contributed by atoms with van der Waals surface area (Å²) in [5, 5.41) is 3.67. The van der Waals surface area contributed by atoms with E-state index in [9.17, 15) is 0 Å². The second-order valence-electron chi connectivity index (χ2n) is 4.76. The van der Waals surface area contributed by atoms with E-state index in [1.54, 1.807) is 0 Å². The molecule has 16 heavy (non-hydrogen) atoms. The first-order valence-corrected chi connectivity index (χ1v) is 6.25. The highest BCUT2D eigenvalue weighted by Crippen LogP contribution is 2.17. The zero-order chi connectivity index (χ0) is 11.4. The molecule has 1 aromatic rings. The lowest BCUT2D eigenvalue weighted by Gasteiger charge is -2.23. The molecule has 0 radical (unpaired) electrons. The molecule has 1 heteroatoms. The second kappa shape index (κ2) is 5.31. The van der Waals surface area contributed by atoms with Crippen LogP contribution in [-0.2, 0) is 0 Å². The Bertz CT molecular complexity index is 350. The second-order valence-corrected chi connectivity index (χ2v) is 4.76. The predicted octanol–water partition coefficient (Wildman–Crippen LogP) is 3.75. The third-order valence-electron chi connectivity index (χ3n) is 3.30. The molecule has 0 fully saturated rings. The molecule has 1 nitrogen and oxygen atoms in total. The average Bonchev–Trinajstić information content (AvgIpc) is 2.31. The van der Waals surface area contributed by atoms with Crippen LogP contribution in [0, 0.1) is 6.92 Å². The summed E-state index contributed by atoms with van der Waals surface area (Å²) in [5.41, 5.74) is 2.71. The van der Waals surface area contributed by atoms with Gasteiger partial charge in [-0.25, -0.2) is 0 Å². The van der Waals surface area contributed by atoms with Gasteiger partial charge in [-0.1, -0.05) is 42.0 Å². The van der Waals surface area contributed by atoms with Gasteiger partial charge in [-0.15, -0.1) is 0 Å². The molecule has 1 N–H and O–H groups in total. The molecule has 0 heterocycles. The van der Waals surface area contributed by atoms with E-state index in [4.69, 9.17) is 0 Å². The smallest absolute Gasteiger partial charge is 0.0297 e. The number of rotatable bonds is 3. The molecular weight excluding hydrogens is 194 g/mol. The Balaban J connectivity index is 1.96. The van der Waals surface area contributed by atoms with Gasteiger partial charge in [-0.3, -0.25) is 0 Å². The number of nitrogens with one attached hydrogen (secondary N) is 1. The van der Waals surface area contributed by atoms with E-state index in [-0.39, 0.29) is 0 Å². The maximum absolute atomic E-state index is 3.67. The van der Waals surface area contributed by atoms with Gasteiger partial charge in [0.05, 0.1) is 0 Å². The van der Waals surface area contributed by atoms with Crippen molar-refractivity contribution >= 4 is 0 Å². The number of aryl methyl sites for hydroxylation is 1. The van der Waals surface area contributed by atoms with Gasteiger partial charge in [-0.05, 0) is 38.7 Å². The molecule has 0 saturated heterocycles. The van der Waals surface area contributed by atoms with Crippen LogP contribution in [-0.4, -0.2) is 6.04 Å². The van der Waals surface area contributed by atoms with Crippen LogP contribution in [0.5, 0.6) is 0 Å². The fourth-order valence-corrected chi connectivity index (χ4v) is 2.22. The van der Waals surface area contributed by atoms with E-state index < -0.39 is 0 Å². The quantitative estimate of drug-likeness (QED) is 0.757. The average molecular weight is 215 g/mol. The van der Waals surface area contributed by atoms with Crippen molar-refractivity contribution in [2.45, 2.75) is 45.2 Å². The summed E-state index contributed by atoms with van der Waals surface area (Å²) in [6.07, 6.45) is 8.44. The summed E-state index contributed by atoms with van der Waals surface area (Å²) in [6, 6.07) is 9.81. The van der Waals surface area contributed by atoms with Gasteiger partial charge in [0.25, 0.3) is 0 Å². The topological polar surface area (TPSA) is 12.0 Å². The van der Waals surface area contributed by atoms with Crippen LogP contribution in [0.4, 0.5) is 0 Å². The Hall–Kier alpha value is -1.08. The lowest BCUT2D eigenvalue weighted by Crippen LogP contribution is -2.30. The first kappa shape index (κ1) is 11.4. The van der Waals surface area contributed by atoms with Crippen LogP contribution >= 0.6 is 0 Å². The molecular formula is C15H21N. The monoisotopic (exact) mass is 215 g/mol. The minimum Gasteiger partial charge on any atom is -0.304 e. The molecule has 1 aromatic carbocycles. The number of hydrogen-bond acceptors (Lipinski definition) is 1. The zero-order valence-corrected chi connectivity index (χ0v) is 10.2. The van der Waals surface area contributed by atoms with Crippen LogP contribution in [0.3, 0.4) is 0 Å². The molecule has 1 aliphatic carbocycles. The largest absolute Gasteiger partial charge is 0.304 e. The van der Waals surface area contributed by atoms with E-state index in [0.29, 0.717) is 12.1 Å². The molecule has 0 amide bonds. The van der Waals surface area contributed by atoms with Crippen molar-refractivity contribution in [3.63, 3.8) is 0 Å². The molecule has 0 spiro atoms. The van der Waals surface area contributed by atoms with Crippen molar-refractivity contribution in [3.8, 4) is 0 Å². The van der Waals surface area contributed by atoms with E-state index in [1.807, 2.05) is 0 Å². The highest BCUT2D eigenvalue weighted by Gasteiger charge is 2.12. The standard InChI is InChI=1S/C15H21N/c1-12-8-10-14(11-9-12)13(2)16-15-6-4-3-5-7-15/h4,6,8-11,13,15-16H,3,5,7H2,1-2H3/t13-,15?/m0/s1. The molecule has 0 bridgehead atoms. The molecule has 0 saturated carbocycles. The van der Waals surface area contributed by atoms with Crippen LogP contribution in [0.15, 0.2) is 36.4 Å². The highest BCUT2D eigenvalue weighted by atomic mass is 14.9. The Labute approximate surface area is 98.6 Å². The number of benzene rings is 1. The van der Waals surface area contributed by atoms with Gasteiger partial charge in [0.15, 0.2) is 0 Å². The molecule has 1 aliphatic rings. The zero-order valence-electron chi connectivity index (χ0n) is 10.2. The van der Waals surface area contributed by atoms with Gasteiger partial charge >= 0.3 is 0 Å². The molecule has 2 rings (SSSR count). The van der Waals surface area contributed by atoms with E-state index in [2.05, 4.69) is 55.6 Å². The highest BCUT2D eigenvalue weighted by molar-refractivity contribution is 5.24. The summed E-state index contributed by atoms with van der Waals surface area (Å²) in [7, 11) is 0. The fourth-order valence-electron chi connectivity index (χ4n) is 2.22. The Morgan fingerprint density at radius 2 is 2.00 bits per heavy atom. The third kappa shape index (κ3) is 2.96. The Kier molecular flexibility index (Phi) is 3.79. The van der Waals surface area contributed by atoms with Crippen molar-refractivity contribution in [1.29, 1.82) is 0 Å². The summed E-state index contributed by atoms with van der Waals surface area (Å²) < 4.78 is 0. The van der Waals surface area contributed by atoms with Gasteiger partial charge in [0.1, 0.15) is 0 Å². The maximum Gasteiger partial charge on any atom is 0.0297 e. The summed E-state index contributed by atoms with van der Waals surface area (Å²) in [4.78, 5) is 0. The first-order chi connectivity index (χ1) is 7.75. The molecule has 0 aromatic heterocycles. The van der Waals surface area contributed by atoms with Gasteiger partial charge in [0, 0.05) is 12.1 Å². The van der Waals surface area contributed by atoms with Crippen molar-refractivity contribution in [1.82, 2.24) is 5.32 Å². The third-order valence-corrected chi connectivity index (χ3v) is 3.30. The van der Waals surface area contributed by atoms with Crippen molar-refractivity contribution in [2.75, 3.05) is 0 Å². The summed E-state index contributed by atoms with van der Waals surface area (Å²) in [6.45, 7) is 4.37. The van der Waals surface area contributed by atoms with Crippen molar-refractivity contribution in [2.24, 2.45) is 0 Å².